The van der Waals surface area contributed by atoms with Crippen LogP contribution in [0.1, 0.15) is 57.4 Å². The minimum Gasteiger partial charge on any atom is -0.463 e. The molecule has 2 heterocycles. The maximum absolute atomic E-state index is 13.3. The first-order valence-electron chi connectivity index (χ1n) is 10.9. The van der Waals surface area contributed by atoms with Gasteiger partial charge in [0.1, 0.15) is 12.6 Å². The average molecular weight is 401 g/mol. The van der Waals surface area contributed by atoms with Gasteiger partial charge in [-0.15, -0.1) is 0 Å². The normalized spacial score (nSPS) is 25.8. The van der Waals surface area contributed by atoms with Crippen LogP contribution in [0.25, 0.3) is 0 Å². The van der Waals surface area contributed by atoms with Crippen molar-refractivity contribution in [3.05, 3.63) is 35.9 Å². The van der Waals surface area contributed by atoms with Crippen molar-refractivity contribution in [3.8, 4) is 0 Å². The molecule has 1 aromatic carbocycles. The zero-order valence-electron chi connectivity index (χ0n) is 17.3. The van der Waals surface area contributed by atoms with Gasteiger partial charge in [-0.05, 0) is 24.8 Å². The molecule has 0 radical (unpaired) electrons. The van der Waals surface area contributed by atoms with Gasteiger partial charge in [0, 0.05) is 18.9 Å². The molecule has 0 saturated carbocycles. The highest BCUT2D eigenvalue weighted by atomic mass is 16.5. The van der Waals surface area contributed by atoms with Crippen LogP contribution in [-0.2, 0) is 25.5 Å². The van der Waals surface area contributed by atoms with Crippen LogP contribution in [0.5, 0.6) is 0 Å². The maximum atomic E-state index is 13.3. The lowest BCUT2D eigenvalue weighted by atomic mass is 9.95. The summed E-state index contributed by atoms with van der Waals surface area (Å²) >= 11 is 0. The van der Waals surface area contributed by atoms with Gasteiger partial charge < -0.3 is 15.0 Å². The Morgan fingerprint density at radius 2 is 1.93 bits per heavy atom. The number of esters is 1. The second-order valence-electron chi connectivity index (χ2n) is 8.16. The Labute approximate surface area is 173 Å². The fraction of sp³-hybridized carbons (Fsp3) is 0.609. The molecule has 2 fully saturated rings. The molecule has 2 aliphatic rings. The average Bonchev–Trinajstić information content (AvgIpc) is 3.19. The Morgan fingerprint density at radius 1 is 1.14 bits per heavy atom. The fourth-order valence-electron chi connectivity index (χ4n) is 4.25. The number of carbonyl (C=O) groups is 3. The molecule has 3 atom stereocenters. The number of nitrogens with one attached hydrogen (secondary N) is 1. The van der Waals surface area contributed by atoms with E-state index in [1.807, 2.05) is 30.3 Å². The van der Waals surface area contributed by atoms with Crippen LogP contribution in [0.3, 0.4) is 0 Å². The summed E-state index contributed by atoms with van der Waals surface area (Å²) in [4.78, 5) is 40.5. The first-order valence-corrected chi connectivity index (χ1v) is 10.9. The van der Waals surface area contributed by atoms with Gasteiger partial charge in [0.15, 0.2) is 0 Å². The van der Waals surface area contributed by atoms with Gasteiger partial charge in [-0.1, -0.05) is 56.5 Å². The number of hydrogen-bond donors (Lipinski definition) is 1. The van der Waals surface area contributed by atoms with Crippen molar-refractivity contribution in [3.63, 3.8) is 0 Å². The van der Waals surface area contributed by atoms with Crippen LogP contribution in [0.15, 0.2) is 30.3 Å². The molecular formula is C23H32N2O4. The van der Waals surface area contributed by atoms with Crippen molar-refractivity contribution in [2.75, 3.05) is 13.2 Å². The summed E-state index contributed by atoms with van der Waals surface area (Å²) in [7, 11) is 0. The van der Waals surface area contributed by atoms with Crippen LogP contribution in [0, 0.1) is 5.92 Å². The molecule has 6 heteroatoms. The van der Waals surface area contributed by atoms with Gasteiger partial charge in [-0.2, -0.15) is 0 Å². The van der Waals surface area contributed by atoms with Crippen molar-refractivity contribution in [1.29, 1.82) is 0 Å². The van der Waals surface area contributed by atoms with E-state index in [9.17, 15) is 14.4 Å². The highest BCUT2D eigenvalue weighted by molar-refractivity contribution is 5.90. The number of cyclic esters (lactones) is 1. The summed E-state index contributed by atoms with van der Waals surface area (Å²) in [6.45, 7) is 2.97. The Morgan fingerprint density at radius 3 is 2.69 bits per heavy atom. The summed E-state index contributed by atoms with van der Waals surface area (Å²) in [6, 6.07) is 9.03. The lowest BCUT2D eigenvalue weighted by molar-refractivity contribution is -0.149. The number of benzene rings is 1. The lowest BCUT2D eigenvalue weighted by Crippen LogP contribution is -2.52. The number of ether oxygens (including phenoxy) is 1. The molecule has 1 N–H and O–H groups in total. The number of carbonyl (C=O) groups excluding carboxylic acids is 3. The van der Waals surface area contributed by atoms with Gasteiger partial charge in [0.2, 0.25) is 11.8 Å². The molecule has 0 bridgehead atoms. The Hall–Kier alpha value is -2.37. The molecule has 29 heavy (non-hydrogen) atoms. The molecule has 0 spiro atoms. The highest BCUT2D eigenvalue weighted by Crippen LogP contribution is 2.23. The molecule has 6 nitrogen and oxygen atoms in total. The number of unbranched alkanes of at least 4 members (excludes halogenated alkanes) is 2. The molecule has 0 aromatic heterocycles. The standard InChI is InChI=1S/C23H32N2O4/c1-2-3-5-11-18-15-21(26)29-16-19-12-8-13-25(19)23(28)20(24-22(18)27)14-17-9-6-4-7-10-17/h4,6-7,9-10,18-20H,2-3,5,8,11-16H2,1H3,(H,24,27)/t18-,19+,20+/m1/s1. The largest absolute Gasteiger partial charge is 0.463 e. The van der Waals surface area contributed by atoms with Crippen molar-refractivity contribution in [1.82, 2.24) is 10.2 Å². The van der Waals surface area contributed by atoms with Crippen LogP contribution >= 0.6 is 0 Å². The van der Waals surface area contributed by atoms with Crippen LogP contribution in [0.2, 0.25) is 0 Å². The number of amides is 2. The summed E-state index contributed by atoms with van der Waals surface area (Å²) < 4.78 is 5.46. The SMILES string of the molecule is CCCCC[C@@H]1CC(=O)OC[C@@H]2CCCN2C(=O)[C@H](Cc2ccccc2)NC1=O. The molecule has 3 rings (SSSR count). The minimum atomic E-state index is -0.618. The molecular weight excluding hydrogens is 368 g/mol. The van der Waals surface area contributed by atoms with Crippen molar-refractivity contribution in [2.24, 2.45) is 5.92 Å². The smallest absolute Gasteiger partial charge is 0.306 e. The Kier molecular flexibility index (Phi) is 7.67. The second-order valence-corrected chi connectivity index (χ2v) is 8.16. The van der Waals surface area contributed by atoms with Gasteiger partial charge in [-0.3, -0.25) is 14.4 Å². The zero-order chi connectivity index (χ0) is 20.6. The monoisotopic (exact) mass is 400 g/mol. The fourth-order valence-corrected chi connectivity index (χ4v) is 4.25. The molecule has 2 aliphatic heterocycles. The molecule has 0 unspecified atom stereocenters. The number of hydrogen-bond acceptors (Lipinski definition) is 4. The summed E-state index contributed by atoms with van der Waals surface area (Å²) in [5, 5.41) is 2.98. The van der Waals surface area contributed by atoms with Gasteiger partial charge in [-0.25, -0.2) is 0 Å². The summed E-state index contributed by atoms with van der Waals surface area (Å²) in [6.07, 6.45) is 5.82. The van der Waals surface area contributed by atoms with Crippen molar-refractivity contribution in [2.45, 2.75) is 70.4 Å². The third-order valence-corrected chi connectivity index (χ3v) is 5.93. The van der Waals surface area contributed by atoms with Gasteiger partial charge in [0.05, 0.1) is 12.5 Å². The van der Waals surface area contributed by atoms with Crippen molar-refractivity contribution >= 4 is 17.8 Å². The predicted octanol–water partition coefficient (Wildman–Crippen LogP) is 2.85. The second kappa shape index (κ2) is 10.4. The summed E-state index contributed by atoms with van der Waals surface area (Å²) in [5.41, 5.74) is 1.01. The Balaban J connectivity index is 1.82. The molecule has 0 aliphatic carbocycles. The van der Waals surface area contributed by atoms with E-state index in [1.165, 1.54) is 0 Å². The number of nitrogens with zero attached hydrogens (tertiary/aromatic N) is 1. The Bertz CT molecular complexity index is 706. The van der Waals surface area contributed by atoms with E-state index in [0.29, 0.717) is 19.4 Å². The van der Waals surface area contributed by atoms with E-state index in [2.05, 4.69) is 12.2 Å². The third-order valence-electron chi connectivity index (χ3n) is 5.93. The first-order chi connectivity index (χ1) is 14.1. The van der Waals surface area contributed by atoms with E-state index in [0.717, 1.165) is 37.7 Å². The van der Waals surface area contributed by atoms with E-state index in [-0.39, 0.29) is 36.9 Å². The minimum absolute atomic E-state index is 0.0741. The maximum Gasteiger partial charge on any atom is 0.306 e. The third kappa shape index (κ3) is 5.81. The molecule has 2 amide bonds. The van der Waals surface area contributed by atoms with E-state index < -0.39 is 12.0 Å². The number of fused-ring (bicyclic) bond motifs is 1. The van der Waals surface area contributed by atoms with E-state index in [4.69, 9.17) is 4.74 Å². The van der Waals surface area contributed by atoms with E-state index in [1.54, 1.807) is 4.90 Å². The topological polar surface area (TPSA) is 75.7 Å². The lowest BCUT2D eigenvalue weighted by Gasteiger charge is -2.29. The predicted molar refractivity (Wildman–Crippen MR) is 110 cm³/mol. The summed E-state index contributed by atoms with van der Waals surface area (Å²) in [5.74, 6) is -1.09. The quantitative estimate of drug-likeness (QED) is 0.589. The van der Waals surface area contributed by atoms with Gasteiger partial charge in [0.25, 0.3) is 0 Å². The zero-order valence-corrected chi connectivity index (χ0v) is 17.3. The van der Waals surface area contributed by atoms with Crippen LogP contribution in [-0.4, -0.2) is 47.9 Å². The number of rotatable bonds is 6. The first kappa shape index (κ1) is 21.3. The van der Waals surface area contributed by atoms with Crippen molar-refractivity contribution < 1.29 is 19.1 Å². The van der Waals surface area contributed by atoms with Crippen LogP contribution in [0.4, 0.5) is 0 Å². The van der Waals surface area contributed by atoms with Gasteiger partial charge >= 0.3 is 5.97 Å². The molecule has 158 valence electrons. The highest BCUT2D eigenvalue weighted by Gasteiger charge is 2.37. The molecule has 1 aromatic rings. The molecule has 2 saturated heterocycles. The van der Waals surface area contributed by atoms with E-state index >= 15 is 0 Å². The van der Waals surface area contributed by atoms with Crippen LogP contribution < -0.4 is 5.32 Å².